The van der Waals surface area contributed by atoms with Gasteiger partial charge in [-0.05, 0) is 24.7 Å². The molecule has 2 amide bonds. The maximum Gasteiger partial charge on any atom is 0.471 e. The molecule has 7 heteroatoms. The Hall–Kier alpha value is -1.27. The summed E-state index contributed by atoms with van der Waals surface area (Å²) in [6, 6.07) is 0. The van der Waals surface area contributed by atoms with Crippen molar-refractivity contribution in [2.45, 2.75) is 13.1 Å². The third-order valence-corrected chi connectivity index (χ3v) is 3.90. The van der Waals surface area contributed by atoms with E-state index >= 15 is 0 Å². The van der Waals surface area contributed by atoms with Gasteiger partial charge in [-0.25, -0.2) is 0 Å². The SMILES string of the molecule is CCN(C=O)CC1[C@H]2CN(C(=O)C(F)(F)F)C[C@@H]12. The van der Waals surface area contributed by atoms with E-state index in [1.807, 2.05) is 6.92 Å². The second-order valence-corrected chi connectivity index (χ2v) is 4.89. The van der Waals surface area contributed by atoms with Gasteiger partial charge in [-0.15, -0.1) is 0 Å². The van der Waals surface area contributed by atoms with Crippen LogP contribution < -0.4 is 0 Å². The van der Waals surface area contributed by atoms with Gasteiger partial charge in [-0.2, -0.15) is 13.2 Å². The van der Waals surface area contributed by atoms with Crippen molar-refractivity contribution in [3.8, 4) is 0 Å². The standard InChI is InChI=1S/C11H15F3N2O2/c1-2-15(6-17)3-7-8-4-16(5-9(7)8)10(18)11(12,13)14/h6-9H,2-5H2,1H3/t7?,8-,9+. The molecule has 1 aliphatic carbocycles. The minimum absolute atomic E-state index is 0.130. The van der Waals surface area contributed by atoms with Crippen LogP contribution in [-0.4, -0.2) is 54.5 Å². The molecule has 1 saturated carbocycles. The van der Waals surface area contributed by atoms with Crippen LogP contribution in [0.15, 0.2) is 0 Å². The predicted molar refractivity (Wildman–Crippen MR) is 56.4 cm³/mol. The molecular formula is C11H15F3N2O2. The van der Waals surface area contributed by atoms with Gasteiger partial charge >= 0.3 is 12.1 Å². The molecule has 1 saturated heterocycles. The van der Waals surface area contributed by atoms with E-state index in [4.69, 9.17) is 0 Å². The number of amides is 2. The second-order valence-electron chi connectivity index (χ2n) is 4.89. The molecule has 0 aromatic heterocycles. The topological polar surface area (TPSA) is 40.6 Å². The maximum absolute atomic E-state index is 12.2. The molecule has 1 unspecified atom stereocenters. The number of nitrogens with zero attached hydrogens (tertiary/aromatic N) is 2. The summed E-state index contributed by atoms with van der Waals surface area (Å²) >= 11 is 0. The highest BCUT2D eigenvalue weighted by atomic mass is 19.4. The number of rotatable bonds is 4. The van der Waals surface area contributed by atoms with Crippen LogP contribution in [0.3, 0.4) is 0 Å². The van der Waals surface area contributed by atoms with Gasteiger partial charge in [-0.1, -0.05) is 0 Å². The second kappa shape index (κ2) is 4.44. The Morgan fingerprint density at radius 3 is 2.33 bits per heavy atom. The quantitative estimate of drug-likeness (QED) is 0.702. The number of likely N-dealkylation sites (tertiary alicyclic amines) is 1. The fourth-order valence-corrected chi connectivity index (χ4v) is 2.78. The molecule has 2 aliphatic rings. The summed E-state index contributed by atoms with van der Waals surface area (Å²) < 4.78 is 36.6. The number of hydrogen-bond acceptors (Lipinski definition) is 2. The van der Waals surface area contributed by atoms with Crippen LogP contribution >= 0.6 is 0 Å². The van der Waals surface area contributed by atoms with Crippen molar-refractivity contribution in [1.29, 1.82) is 0 Å². The highest BCUT2D eigenvalue weighted by Gasteiger charge is 2.59. The molecule has 4 nitrogen and oxygen atoms in total. The van der Waals surface area contributed by atoms with E-state index in [0.29, 0.717) is 13.1 Å². The van der Waals surface area contributed by atoms with Crippen LogP contribution in [0.2, 0.25) is 0 Å². The van der Waals surface area contributed by atoms with E-state index < -0.39 is 12.1 Å². The van der Waals surface area contributed by atoms with Crippen LogP contribution in [0.25, 0.3) is 0 Å². The zero-order valence-electron chi connectivity index (χ0n) is 9.98. The lowest BCUT2D eigenvalue weighted by Crippen LogP contribution is -2.41. The normalized spacial score (nSPS) is 30.0. The summed E-state index contributed by atoms with van der Waals surface area (Å²) in [5, 5.41) is 0. The molecule has 2 rings (SSSR count). The van der Waals surface area contributed by atoms with Crippen LogP contribution in [0.5, 0.6) is 0 Å². The lowest BCUT2D eigenvalue weighted by atomic mass is 10.2. The van der Waals surface area contributed by atoms with E-state index in [9.17, 15) is 22.8 Å². The van der Waals surface area contributed by atoms with Gasteiger partial charge in [0.1, 0.15) is 0 Å². The number of hydrogen-bond donors (Lipinski definition) is 0. The molecule has 18 heavy (non-hydrogen) atoms. The average Bonchev–Trinajstić information content (AvgIpc) is 2.75. The van der Waals surface area contributed by atoms with Crippen molar-refractivity contribution < 1.29 is 22.8 Å². The molecule has 2 fully saturated rings. The van der Waals surface area contributed by atoms with Crippen LogP contribution in [0.1, 0.15) is 6.92 Å². The van der Waals surface area contributed by atoms with Crippen molar-refractivity contribution in [2.75, 3.05) is 26.2 Å². The van der Waals surface area contributed by atoms with Crippen LogP contribution in [-0.2, 0) is 9.59 Å². The first kappa shape index (κ1) is 13.2. The minimum Gasteiger partial charge on any atom is -0.345 e. The van der Waals surface area contributed by atoms with E-state index in [2.05, 4.69) is 0 Å². The highest BCUT2D eigenvalue weighted by Crippen LogP contribution is 2.52. The molecule has 0 aromatic carbocycles. The summed E-state index contributed by atoms with van der Waals surface area (Å²) in [6.45, 7) is 3.38. The number of carbonyl (C=O) groups is 2. The number of carbonyl (C=O) groups excluding carboxylic acids is 2. The molecule has 0 aromatic rings. The minimum atomic E-state index is -4.77. The van der Waals surface area contributed by atoms with Crippen molar-refractivity contribution in [2.24, 2.45) is 17.8 Å². The number of alkyl halides is 3. The zero-order chi connectivity index (χ0) is 13.5. The lowest BCUT2D eigenvalue weighted by Gasteiger charge is -2.22. The van der Waals surface area contributed by atoms with Gasteiger partial charge in [0.2, 0.25) is 6.41 Å². The molecule has 0 radical (unpaired) electrons. The Kier molecular flexibility index (Phi) is 3.25. The molecule has 1 aliphatic heterocycles. The fourth-order valence-electron chi connectivity index (χ4n) is 2.78. The lowest BCUT2D eigenvalue weighted by molar-refractivity contribution is -0.185. The molecule has 3 atom stereocenters. The van der Waals surface area contributed by atoms with Gasteiger partial charge in [0.25, 0.3) is 0 Å². The summed E-state index contributed by atoms with van der Waals surface area (Å²) in [6.07, 6.45) is -4.02. The van der Waals surface area contributed by atoms with E-state index in [1.54, 1.807) is 4.90 Å². The van der Waals surface area contributed by atoms with Gasteiger partial charge < -0.3 is 9.80 Å². The van der Waals surface area contributed by atoms with E-state index in [0.717, 1.165) is 11.3 Å². The van der Waals surface area contributed by atoms with Crippen LogP contribution in [0, 0.1) is 17.8 Å². The first-order chi connectivity index (χ1) is 8.38. The number of piperidine rings is 1. The molecule has 0 bridgehead atoms. The fraction of sp³-hybridized carbons (Fsp3) is 0.818. The molecule has 1 heterocycles. The summed E-state index contributed by atoms with van der Waals surface area (Å²) in [5.74, 6) is -1.22. The van der Waals surface area contributed by atoms with Crippen molar-refractivity contribution in [3.05, 3.63) is 0 Å². The monoisotopic (exact) mass is 264 g/mol. The van der Waals surface area contributed by atoms with Gasteiger partial charge in [0.15, 0.2) is 0 Å². The smallest absolute Gasteiger partial charge is 0.345 e. The Morgan fingerprint density at radius 1 is 1.39 bits per heavy atom. The first-order valence-electron chi connectivity index (χ1n) is 5.94. The van der Waals surface area contributed by atoms with Crippen molar-refractivity contribution in [1.82, 2.24) is 9.80 Å². The zero-order valence-corrected chi connectivity index (χ0v) is 9.98. The Morgan fingerprint density at radius 2 is 1.94 bits per heavy atom. The summed E-state index contributed by atoms with van der Waals surface area (Å²) in [5.41, 5.74) is 0. The number of halogens is 3. The first-order valence-corrected chi connectivity index (χ1v) is 5.94. The van der Waals surface area contributed by atoms with Gasteiger partial charge in [0.05, 0.1) is 0 Å². The molecule has 0 N–H and O–H groups in total. The molecule has 0 spiro atoms. The van der Waals surface area contributed by atoms with Crippen molar-refractivity contribution >= 4 is 12.3 Å². The summed E-state index contributed by atoms with van der Waals surface area (Å²) in [4.78, 5) is 24.1. The molecule has 102 valence electrons. The van der Waals surface area contributed by atoms with E-state index in [-0.39, 0.29) is 30.8 Å². The van der Waals surface area contributed by atoms with Crippen LogP contribution in [0.4, 0.5) is 13.2 Å². The van der Waals surface area contributed by atoms with Gasteiger partial charge in [0, 0.05) is 26.2 Å². The highest BCUT2D eigenvalue weighted by molar-refractivity contribution is 5.82. The van der Waals surface area contributed by atoms with E-state index in [1.165, 1.54) is 0 Å². The molecular weight excluding hydrogens is 249 g/mol. The Balaban J connectivity index is 1.83. The predicted octanol–water partition coefficient (Wildman–Crippen LogP) is 0.731. The number of fused-ring (bicyclic) bond motifs is 1. The third-order valence-electron chi connectivity index (χ3n) is 3.90. The summed E-state index contributed by atoms with van der Waals surface area (Å²) in [7, 11) is 0. The largest absolute Gasteiger partial charge is 0.471 e. The van der Waals surface area contributed by atoms with Gasteiger partial charge in [-0.3, -0.25) is 9.59 Å². The Bertz CT molecular complexity index is 347. The average molecular weight is 264 g/mol. The maximum atomic E-state index is 12.2. The van der Waals surface area contributed by atoms with Crippen molar-refractivity contribution in [3.63, 3.8) is 0 Å². The third kappa shape index (κ3) is 2.30. The Labute approximate surface area is 103 Å².